The Bertz CT molecular complexity index is 1840. The van der Waals surface area contributed by atoms with Gasteiger partial charge < -0.3 is 0 Å². The molecule has 0 fully saturated rings. The van der Waals surface area contributed by atoms with E-state index < -0.39 is 0 Å². The number of benzene rings is 6. The monoisotopic (exact) mass is 462 g/mol. The molecule has 35 heavy (non-hydrogen) atoms. The van der Waals surface area contributed by atoms with Gasteiger partial charge in [0.15, 0.2) is 0 Å². The van der Waals surface area contributed by atoms with E-state index in [1.807, 2.05) is 17.4 Å². The molecule has 0 nitrogen and oxygen atoms in total. The van der Waals surface area contributed by atoms with Gasteiger partial charge in [-0.25, -0.2) is 0 Å². The van der Waals surface area contributed by atoms with Crippen molar-refractivity contribution in [2.45, 2.75) is 0 Å². The van der Waals surface area contributed by atoms with E-state index in [9.17, 15) is 0 Å². The van der Waals surface area contributed by atoms with Gasteiger partial charge in [-0.1, -0.05) is 110 Å². The van der Waals surface area contributed by atoms with Crippen molar-refractivity contribution in [1.29, 1.82) is 0 Å². The summed E-state index contributed by atoms with van der Waals surface area (Å²) in [6.45, 7) is 3.92. The van der Waals surface area contributed by atoms with E-state index in [2.05, 4.69) is 122 Å². The van der Waals surface area contributed by atoms with Gasteiger partial charge in [0, 0.05) is 20.2 Å². The van der Waals surface area contributed by atoms with Gasteiger partial charge in [-0.15, -0.1) is 11.3 Å². The lowest BCUT2D eigenvalue weighted by molar-refractivity contribution is 1.64. The van der Waals surface area contributed by atoms with E-state index >= 15 is 0 Å². The standard InChI is InChI=1S/C34H22S/c1-2-22-15-17-23(18-16-22)33-26-10-3-5-12-28(26)34(29-13-6-4-11-27(29)33)24-19-20-32-30(21-24)25-9-7-8-14-31(25)35-32/h2-21H,1H2. The molecule has 1 heterocycles. The summed E-state index contributed by atoms with van der Waals surface area (Å²) < 4.78 is 2.68. The van der Waals surface area contributed by atoms with Crippen LogP contribution in [0.3, 0.4) is 0 Å². The van der Waals surface area contributed by atoms with E-state index in [1.165, 1.54) is 64.0 Å². The first kappa shape index (κ1) is 20.2. The molecule has 7 rings (SSSR count). The van der Waals surface area contributed by atoms with Crippen LogP contribution >= 0.6 is 11.3 Å². The predicted octanol–water partition coefficient (Wildman–Crippen LogP) is 10.3. The molecule has 0 amide bonds. The Morgan fingerprint density at radius 1 is 0.457 bits per heavy atom. The van der Waals surface area contributed by atoms with Crippen LogP contribution in [0.5, 0.6) is 0 Å². The van der Waals surface area contributed by atoms with Crippen LogP contribution in [0.2, 0.25) is 0 Å². The predicted molar refractivity (Wildman–Crippen MR) is 155 cm³/mol. The lowest BCUT2D eigenvalue weighted by atomic mass is 9.85. The number of fused-ring (bicyclic) bond motifs is 5. The minimum atomic E-state index is 1.13. The van der Waals surface area contributed by atoms with E-state index in [4.69, 9.17) is 0 Å². The Hall–Kier alpha value is -4.20. The molecule has 0 aliphatic carbocycles. The minimum absolute atomic E-state index is 1.13. The summed E-state index contributed by atoms with van der Waals surface area (Å²) in [6, 6.07) is 42.1. The molecule has 1 aromatic heterocycles. The molecule has 6 aromatic carbocycles. The smallest absolute Gasteiger partial charge is 0.0355 e. The molecular formula is C34H22S. The molecule has 0 atom stereocenters. The van der Waals surface area contributed by atoms with Crippen molar-refractivity contribution >= 4 is 59.1 Å². The fourth-order valence-electron chi connectivity index (χ4n) is 5.42. The highest BCUT2D eigenvalue weighted by Gasteiger charge is 2.17. The molecule has 0 saturated carbocycles. The highest BCUT2D eigenvalue weighted by molar-refractivity contribution is 7.25. The third-order valence-corrected chi connectivity index (χ3v) is 8.18. The van der Waals surface area contributed by atoms with Crippen molar-refractivity contribution in [3.63, 3.8) is 0 Å². The quantitative estimate of drug-likeness (QED) is 0.229. The zero-order valence-electron chi connectivity index (χ0n) is 19.2. The fourth-order valence-corrected chi connectivity index (χ4v) is 6.50. The number of thiophene rings is 1. The summed E-state index contributed by atoms with van der Waals surface area (Å²) in [6.07, 6.45) is 1.90. The van der Waals surface area contributed by atoms with Gasteiger partial charge in [-0.05, 0) is 67.6 Å². The second kappa shape index (κ2) is 7.94. The molecular weight excluding hydrogens is 440 g/mol. The first-order chi connectivity index (χ1) is 17.3. The maximum atomic E-state index is 3.92. The van der Waals surface area contributed by atoms with Gasteiger partial charge in [0.05, 0.1) is 0 Å². The van der Waals surface area contributed by atoms with Gasteiger partial charge in [0.1, 0.15) is 0 Å². The van der Waals surface area contributed by atoms with Crippen molar-refractivity contribution in [3.8, 4) is 22.3 Å². The summed E-state index contributed by atoms with van der Waals surface area (Å²) in [7, 11) is 0. The molecule has 0 bridgehead atoms. The van der Waals surface area contributed by atoms with E-state index in [0.29, 0.717) is 0 Å². The average Bonchev–Trinajstić information content (AvgIpc) is 3.30. The summed E-state index contributed by atoms with van der Waals surface area (Å²) in [4.78, 5) is 0. The van der Waals surface area contributed by atoms with E-state index in [1.54, 1.807) is 0 Å². The molecule has 164 valence electrons. The second-order valence-corrected chi connectivity index (χ2v) is 10.1. The molecule has 0 unspecified atom stereocenters. The third-order valence-electron chi connectivity index (χ3n) is 7.03. The van der Waals surface area contributed by atoms with Crippen LogP contribution < -0.4 is 0 Å². The minimum Gasteiger partial charge on any atom is -0.135 e. The van der Waals surface area contributed by atoms with Gasteiger partial charge in [-0.3, -0.25) is 0 Å². The van der Waals surface area contributed by atoms with Crippen LogP contribution in [0.25, 0.3) is 70.0 Å². The summed E-state index contributed by atoms with van der Waals surface area (Å²) in [5.41, 5.74) is 6.23. The van der Waals surface area contributed by atoms with Crippen molar-refractivity contribution in [1.82, 2.24) is 0 Å². The Kier molecular flexibility index (Phi) is 4.58. The van der Waals surface area contributed by atoms with Crippen molar-refractivity contribution < 1.29 is 0 Å². The fraction of sp³-hybridized carbons (Fsp3) is 0. The summed E-state index contributed by atoms with van der Waals surface area (Å²) >= 11 is 1.87. The highest BCUT2D eigenvalue weighted by atomic mass is 32.1. The number of rotatable bonds is 3. The number of hydrogen-bond acceptors (Lipinski definition) is 1. The molecule has 0 aliphatic rings. The van der Waals surface area contributed by atoms with Crippen LogP contribution in [0.15, 0.2) is 122 Å². The van der Waals surface area contributed by atoms with Crippen LogP contribution in [0.1, 0.15) is 5.56 Å². The highest BCUT2D eigenvalue weighted by Crippen LogP contribution is 2.45. The lowest BCUT2D eigenvalue weighted by Gasteiger charge is -2.18. The maximum absolute atomic E-state index is 3.92. The number of hydrogen-bond donors (Lipinski definition) is 0. The Morgan fingerprint density at radius 3 is 1.54 bits per heavy atom. The summed E-state index contributed by atoms with van der Waals surface area (Å²) in [5, 5.41) is 7.80. The van der Waals surface area contributed by atoms with Gasteiger partial charge >= 0.3 is 0 Å². The van der Waals surface area contributed by atoms with E-state index in [-0.39, 0.29) is 0 Å². The topological polar surface area (TPSA) is 0 Å². The van der Waals surface area contributed by atoms with Crippen molar-refractivity contribution in [2.24, 2.45) is 0 Å². The zero-order chi connectivity index (χ0) is 23.4. The van der Waals surface area contributed by atoms with Crippen LogP contribution in [-0.4, -0.2) is 0 Å². The van der Waals surface area contributed by atoms with E-state index in [0.717, 1.165) is 5.56 Å². The van der Waals surface area contributed by atoms with Crippen LogP contribution in [0, 0.1) is 0 Å². The van der Waals surface area contributed by atoms with Crippen molar-refractivity contribution in [3.05, 3.63) is 127 Å². The van der Waals surface area contributed by atoms with Crippen molar-refractivity contribution in [2.75, 3.05) is 0 Å². The maximum Gasteiger partial charge on any atom is 0.0355 e. The zero-order valence-corrected chi connectivity index (χ0v) is 20.0. The molecule has 0 N–H and O–H groups in total. The molecule has 0 radical (unpaired) electrons. The van der Waals surface area contributed by atoms with Crippen LogP contribution in [-0.2, 0) is 0 Å². The second-order valence-electron chi connectivity index (χ2n) is 8.98. The Labute approximate surface area is 208 Å². The molecule has 0 saturated heterocycles. The molecule has 0 spiro atoms. The Balaban J connectivity index is 1.59. The SMILES string of the molecule is C=Cc1ccc(-c2c3ccccc3c(-c3ccc4sc5ccccc5c4c3)c3ccccc23)cc1. The van der Waals surface area contributed by atoms with Gasteiger partial charge in [-0.2, -0.15) is 0 Å². The van der Waals surface area contributed by atoms with Gasteiger partial charge in [0.25, 0.3) is 0 Å². The van der Waals surface area contributed by atoms with Gasteiger partial charge in [0.2, 0.25) is 0 Å². The summed E-state index contributed by atoms with van der Waals surface area (Å²) in [5.74, 6) is 0. The molecule has 0 aliphatic heterocycles. The van der Waals surface area contributed by atoms with Crippen LogP contribution in [0.4, 0.5) is 0 Å². The lowest BCUT2D eigenvalue weighted by Crippen LogP contribution is -1.90. The normalized spacial score (nSPS) is 11.5. The average molecular weight is 463 g/mol. The first-order valence-corrected chi connectivity index (χ1v) is 12.7. The molecule has 1 heteroatoms. The first-order valence-electron chi connectivity index (χ1n) is 11.9. The largest absolute Gasteiger partial charge is 0.135 e. The third kappa shape index (κ3) is 3.13. The molecule has 7 aromatic rings. The Morgan fingerprint density at radius 2 is 0.943 bits per heavy atom.